The zero-order chi connectivity index (χ0) is 7.98. The molecule has 1 amide bonds. The van der Waals surface area contributed by atoms with Crippen molar-refractivity contribution in [2.45, 2.75) is 0 Å². The summed E-state index contributed by atoms with van der Waals surface area (Å²) in [6.07, 6.45) is -0.443. The van der Waals surface area contributed by atoms with E-state index in [1.807, 2.05) is 0 Å². The van der Waals surface area contributed by atoms with Crippen LogP contribution in [0.4, 0.5) is 4.79 Å². The SMILES string of the molecule is O=C1OCCN1Cl.O=[PH+]O. The Morgan fingerprint density at radius 1 is 1.80 bits per heavy atom. The molecular formula is C3H6ClNO4P+. The lowest BCUT2D eigenvalue weighted by molar-refractivity contribution is 0.170. The minimum Gasteiger partial charge on any atom is -0.447 e. The first-order valence-electron chi connectivity index (χ1n) is 2.33. The normalized spacial score (nSPS) is 16.2. The van der Waals surface area contributed by atoms with E-state index in [9.17, 15) is 4.79 Å². The molecule has 1 aliphatic heterocycles. The largest absolute Gasteiger partial charge is 0.491 e. The van der Waals surface area contributed by atoms with Crippen molar-refractivity contribution < 1.29 is 19.0 Å². The fraction of sp³-hybridized carbons (Fsp3) is 0.667. The van der Waals surface area contributed by atoms with Gasteiger partial charge in [0, 0.05) is 11.8 Å². The van der Waals surface area contributed by atoms with Gasteiger partial charge in [0.2, 0.25) is 0 Å². The Hall–Kier alpha value is -0.380. The molecule has 1 aliphatic rings. The first-order valence-corrected chi connectivity index (χ1v) is 3.53. The van der Waals surface area contributed by atoms with Gasteiger partial charge in [-0.1, -0.05) is 0 Å². The number of amides is 1. The van der Waals surface area contributed by atoms with Crippen LogP contribution in [0.3, 0.4) is 0 Å². The Kier molecular flexibility index (Phi) is 5.20. The van der Waals surface area contributed by atoms with E-state index in [0.29, 0.717) is 13.2 Å². The van der Waals surface area contributed by atoms with Crippen LogP contribution in [0.25, 0.3) is 0 Å². The van der Waals surface area contributed by atoms with Crippen LogP contribution in [0.5, 0.6) is 0 Å². The number of halogens is 1. The van der Waals surface area contributed by atoms with Crippen molar-refractivity contribution in [3.05, 3.63) is 0 Å². The molecule has 0 aromatic heterocycles. The fourth-order valence-electron chi connectivity index (χ4n) is 0.374. The van der Waals surface area contributed by atoms with E-state index in [2.05, 4.69) is 4.74 Å². The Morgan fingerprint density at radius 2 is 2.30 bits per heavy atom. The van der Waals surface area contributed by atoms with E-state index in [-0.39, 0.29) is 0 Å². The number of nitrogens with zero attached hydrogens (tertiary/aromatic N) is 1. The lowest BCUT2D eigenvalue weighted by atomic mass is 10.7. The number of hydrogen-bond donors (Lipinski definition) is 1. The number of cyclic esters (lactones) is 1. The molecule has 1 rings (SSSR count). The Bertz CT molecular complexity index is 132. The van der Waals surface area contributed by atoms with E-state index in [4.69, 9.17) is 21.2 Å². The van der Waals surface area contributed by atoms with Crippen molar-refractivity contribution in [2.75, 3.05) is 13.2 Å². The molecule has 1 atom stereocenters. The Labute approximate surface area is 63.9 Å². The minimum atomic E-state index is -1.17. The second-order valence-corrected chi connectivity index (χ2v) is 1.88. The predicted octanol–water partition coefficient (Wildman–Crippen LogP) is 0.510. The average molecular weight is 187 g/mol. The second-order valence-electron chi connectivity index (χ2n) is 1.29. The summed E-state index contributed by atoms with van der Waals surface area (Å²) in [7, 11) is -1.17. The minimum absolute atomic E-state index is 0.419. The third-order valence-electron chi connectivity index (χ3n) is 0.711. The maximum absolute atomic E-state index is 10.1. The molecule has 5 nitrogen and oxygen atoms in total. The quantitative estimate of drug-likeness (QED) is 0.442. The van der Waals surface area contributed by atoms with Gasteiger partial charge in [-0.05, 0) is 4.57 Å². The lowest BCUT2D eigenvalue weighted by Gasteiger charge is -1.94. The van der Waals surface area contributed by atoms with Gasteiger partial charge < -0.3 is 4.74 Å². The molecular weight excluding hydrogens is 180 g/mol. The van der Waals surface area contributed by atoms with Crippen LogP contribution >= 0.6 is 20.5 Å². The molecule has 0 saturated carbocycles. The first-order chi connectivity index (χ1) is 4.72. The maximum Gasteiger partial charge on any atom is 0.491 e. The third-order valence-corrected chi connectivity index (χ3v) is 1.02. The number of ether oxygens (including phenoxy) is 1. The van der Waals surface area contributed by atoms with E-state index >= 15 is 0 Å². The topological polar surface area (TPSA) is 66.8 Å². The highest BCUT2D eigenvalue weighted by molar-refractivity contribution is 7.16. The monoisotopic (exact) mass is 186 g/mol. The first kappa shape index (κ1) is 9.62. The van der Waals surface area contributed by atoms with Gasteiger partial charge in [0.05, 0.1) is 6.54 Å². The third kappa shape index (κ3) is 3.61. The van der Waals surface area contributed by atoms with E-state index in [1.165, 1.54) is 0 Å². The van der Waals surface area contributed by atoms with Gasteiger partial charge in [-0.2, -0.15) is 4.89 Å². The standard InChI is InChI=1S/C3H4ClNO2.HO2P/c4-5-1-2-7-3(5)6;1-3-2/h1-2H2;3H/p+1. The van der Waals surface area contributed by atoms with Gasteiger partial charge in [-0.25, -0.2) is 9.21 Å². The number of carbonyl (C=O) groups excluding carboxylic acids is 1. The van der Waals surface area contributed by atoms with Crippen LogP contribution in [0.2, 0.25) is 0 Å². The molecule has 0 spiro atoms. The molecule has 58 valence electrons. The van der Waals surface area contributed by atoms with Crippen LogP contribution in [0.15, 0.2) is 0 Å². The summed E-state index contributed by atoms with van der Waals surface area (Å²) in [4.78, 5) is 17.2. The summed E-state index contributed by atoms with van der Waals surface area (Å²) in [6.45, 7) is 0.919. The smallest absolute Gasteiger partial charge is 0.447 e. The van der Waals surface area contributed by atoms with Crippen molar-refractivity contribution in [1.29, 1.82) is 0 Å². The predicted molar refractivity (Wildman–Crippen MR) is 35.1 cm³/mol. The summed E-state index contributed by atoms with van der Waals surface area (Å²) in [5.74, 6) is 0. The van der Waals surface area contributed by atoms with E-state index in [1.54, 1.807) is 0 Å². The molecule has 0 bridgehead atoms. The fourth-order valence-corrected chi connectivity index (χ4v) is 0.492. The molecule has 1 heterocycles. The summed E-state index contributed by atoms with van der Waals surface area (Å²) in [5.41, 5.74) is 0. The van der Waals surface area contributed by atoms with Crippen LogP contribution in [-0.2, 0) is 9.30 Å². The molecule has 0 aromatic carbocycles. The summed E-state index contributed by atoms with van der Waals surface area (Å²) in [6, 6.07) is 0. The molecule has 7 heteroatoms. The summed E-state index contributed by atoms with van der Waals surface area (Å²) < 4.78 is 13.9. The Balaban J connectivity index is 0.000000236. The van der Waals surface area contributed by atoms with Crippen LogP contribution in [0.1, 0.15) is 0 Å². The van der Waals surface area contributed by atoms with Crippen LogP contribution in [-0.4, -0.2) is 28.6 Å². The highest BCUT2D eigenvalue weighted by atomic mass is 35.5. The summed E-state index contributed by atoms with van der Waals surface area (Å²) in [5, 5.41) is 0. The molecule has 0 aliphatic carbocycles. The number of carbonyl (C=O) groups is 1. The van der Waals surface area contributed by atoms with Crippen molar-refractivity contribution in [1.82, 2.24) is 4.42 Å². The highest BCUT2D eigenvalue weighted by Gasteiger charge is 2.18. The van der Waals surface area contributed by atoms with E-state index in [0.717, 1.165) is 4.42 Å². The summed E-state index contributed by atoms with van der Waals surface area (Å²) >= 11 is 5.22. The van der Waals surface area contributed by atoms with Crippen molar-refractivity contribution in [2.24, 2.45) is 0 Å². The van der Waals surface area contributed by atoms with Gasteiger partial charge in [0.1, 0.15) is 6.61 Å². The Morgan fingerprint density at radius 3 is 2.40 bits per heavy atom. The zero-order valence-corrected chi connectivity index (χ0v) is 6.67. The zero-order valence-electron chi connectivity index (χ0n) is 4.91. The molecule has 0 aromatic rings. The van der Waals surface area contributed by atoms with Crippen LogP contribution in [0, 0.1) is 0 Å². The van der Waals surface area contributed by atoms with Gasteiger partial charge in [-0.3, -0.25) is 0 Å². The average Bonchev–Trinajstić information content (AvgIpc) is 2.19. The van der Waals surface area contributed by atoms with Gasteiger partial charge in [-0.15, -0.1) is 0 Å². The number of rotatable bonds is 0. The lowest BCUT2D eigenvalue weighted by Crippen LogP contribution is -2.10. The van der Waals surface area contributed by atoms with E-state index < -0.39 is 14.8 Å². The van der Waals surface area contributed by atoms with Crippen molar-refractivity contribution in [3.8, 4) is 0 Å². The molecule has 1 saturated heterocycles. The van der Waals surface area contributed by atoms with Gasteiger partial charge >= 0.3 is 14.8 Å². The molecule has 0 radical (unpaired) electrons. The van der Waals surface area contributed by atoms with Gasteiger partial charge in [0.25, 0.3) is 0 Å². The van der Waals surface area contributed by atoms with Crippen LogP contribution < -0.4 is 0 Å². The molecule has 1 unspecified atom stereocenters. The highest BCUT2D eigenvalue weighted by Crippen LogP contribution is 2.04. The van der Waals surface area contributed by atoms with Crippen molar-refractivity contribution >= 4 is 26.6 Å². The van der Waals surface area contributed by atoms with Gasteiger partial charge in [0.15, 0.2) is 0 Å². The molecule has 10 heavy (non-hydrogen) atoms. The van der Waals surface area contributed by atoms with Crippen molar-refractivity contribution in [3.63, 3.8) is 0 Å². The molecule has 1 fully saturated rings. The molecule has 1 N–H and O–H groups in total. The second kappa shape index (κ2) is 5.41. The maximum atomic E-state index is 10.1. The number of hydrogen-bond acceptors (Lipinski definition) is 3.